The number of piperazine rings is 1. The number of nitrogens with zero attached hydrogens (tertiary/aromatic N) is 1. The fourth-order valence-electron chi connectivity index (χ4n) is 2.11. The number of benzene rings is 1. The summed E-state index contributed by atoms with van der Waals surface area (Å²) in [6.07, 6.45) is -0.323. The molecule has 1 aliphatic rings. The van der Waals surface area contributed by atoms with Crippen LogP contribution in [0.4, 0.5) is 4.79 Å². The van der Waals surface area contributed by atoms with Crippen LogP contribution in [0.2, 0.25) is 0 Å². The molecular weight excluding hydrogens is 244 g/mol. The van der Waals surface area contributed by atoms with Gasteiger partial charge >= 0.3 is 6.09 Å². The summed E-state index contributed by atoms with van der Waals surface area (Å²) in [6, 6.07) is 9.61. The zero-order valence-corrected chi connectivity index (χ0v) is 11.1. The Kier molecular flexibility index (Phi) is 4.76. The minimum Gasteiger partial charge on any atom is -0.445 e. The van der Waals surface area contributed by atoms with E-state index >= 15 is 0 Å². The SMILES string of the molecule is CC1CNC(CO)CN1C(=O)OCc1ccccc1. The van der Waals surface area contributed by atoms with Crippen molar-refractivity contribution in [3.63, 3.8) is 0 Å². The summed E-state index contributed by atoms with van der Waals surface area (Å²) in [5, 5.41) is 12.3. The van der Waals surface area contributed by atoms with E-state index in [2.05, 4.69) is 5.32 Å². The zero-order chi connectivity index (χ0) is 13.7. The van der Waals surface area contributed by atoms with E-state index in [4.69, 9.17) is 9.84 Å². The molecule has 0 aromatic heterocycles. The molecule has 2 unspecified atom stereocenters. The van der Waals surface area contributed by atoms with Gasteiger partial charge in [0.05, 0.1) is 6.61 Å². The standard InChI is InChI=1S/C14H20N2O3/c1-11-7-15-13(9-17)8-16(11)14(18)19-10-12-5-3-2-4-6-12/h2-6,11,13,15,17H,7-10H2,1H3. The normalized spacial score (nSPS) is 23.2. The first-order valence-corrected chi connectivity index (χ1v) is 6.52. The number of aliphatic hydroxyl groups excluding tert-OH is 1. The van der Waals surface area contributed by atoms with Crippen LogP contribution < -0.4 is 5.32 Å². The summed E-state index contributed by atoms with van der Waals surface area (Å²) in [6.45, 7) is 3.41. The lowest BCUT2D eigenvalue weighted by Gasteiger charge is -2.37. The van der Waals surface area contributed by atoms with Crippen molar-refractivity contribution in [2.45, 2.75) is 25.6 Å². The average Bonchev–Trinajstić information content (AvgIpc) is 2.46. The van der Waals surface area contributed by atoms with Gasteiger partial charge in [0, 0.05) is 25.2 Å². The second kappa shape index (κ2) is 6.54. The molecule has 0 spiro atoms. The molecule has 0 aliphatic carbocycles. The lowest BCUT2D eigenvalue weighted by molar-refractivity contribution is 0.0593. The van der Waals surface area contributed by atoms with Gasteiger partial charge in [-0.1, -0.05) is 30.3 Å². The van der Waals surface area contributed by atoms with Crippen LogP contribution in [0.25, 0.3) is 0 Å². The maximum absolute atomic E-state index is 12.0. The molecule has 1 fully saturated rings. The van der Waals surface area contributed by atoms with Gasteiger partial charge in [0.2, 0.25) is 0 Å². The van der Waals surface area contributed by atoms with Crippen LogP contribution in [0.15, 0.2) is 30.3 Å². The molecule has 1 aromatic carbocycles. The predicted octanol–water partition coefficient (Wildman–Crippen LogP) is 0.978. The number of carbonyl (C=O) groups excluding carboxylic acids is 1. The third-order valence-electron chi connectivity index (χ3n) is 3.31. The number of rotatable bonds is 3. The highest BCUT2D eigenvalue weighted by atomic mass is 16.6. The molecule has 2 N–H and O–H groups in total. The Balaban J connectivity index is 1.88. The Labute approximate surface area is 113 Å². The second-order valence-corrected chi connectivity index (χ2v) is 4.83. The van der Waals surface area contributed by atoms with E-state index < -0.39 is 0 Å². The quantitative estimate of drug-likeness (QED) is 0.854. The van der Waals surface area contributed by atoms with Crippen LogP contribution in [0.5, 0.6) is 0 Å². The third-order valence-corrected chi connectivity index (χ3v) is 3.31. The van der Waals surface area contributed by atoms with Crippen molar-refractivity contribution in [3.8, 4) is 0 Å². The molecule has 1 amide bonds. The first-order valence-electron chi connectivity index (χ1n) is 6.52. The highest BCUT2D eigenvalue weighted by Crippen LogP contribution is 2.10. The number of aliphatic hydroxyl groups is 1. The van der Waals surface area contributed by atoms with Crippen LogP contribution in [0.1, 0.15) is 12.5 Å². The largest absolute Gasteiger partial charge is 0.445 e. The van der Waals surface area contributed by atoms with Crippen molar-refractivity contribution in [1.82, 2.24) is 10.2 Å². The number of amides is 1. The molecule has 2 atom stereocenters. The molecule has 0 radical (unpaired) electrons. The monoisotopic (exact) mass is 264 g/mol. The Hall–Kier alpha value is -1.59. The van der Waals surface area contributed by atoms with Crippen molar-refractivity contribution in [3.05, 3.63) is 35.9 Å². The molecule has 1 aromatic rings. The van der Waals surface area contributed by atoms with Crippen molar-refractivity contribution in [2.24, 2.45) is 0 Å². The van der Waals surface area contributed by atoms with E-state index in [0.29, 0.717) is 13.1 Å². The van der Waals surface area contributed by atoms with Crippen molar-refractivity contribution in [2.75, 3.05) is 19.7 Å². The van der Waals surface area contributed by atoms with Crippen LogP contribution in [0, 0.1) is 0 Å². The van der Waals surface area contributed by atoms with E-state index in [1.54, 1.807) is 4.90 Å². The Morgan fingerprint density at radius 2 is 2.21 bits per heavy atom. The van der Waals surface area contributed by atoms with E-state index in [-0.39, 0.29) is 31.4 Å². The summed E-state index contributed by atoms with van der Waals surface area (Å²) in [5.41, 5.74) is 0.970. The molecule has 0 bridgehead atoms. The van der Waals surface area contributed by atoms with Gasteiger partial charge in [-0.25, -0.2) is 4.79 Å². The van der Waals surface area contributed by atoms with Gasteiger partial charge in [-0.3, -0.25) is 0 Å². The van der Waals surface area contributed by atoms with Crippen molar-refractivity contribution in [1.29, 1.82) is 0 Å². The second-order valence-electron chi connectivity index (χ2n) is 4.83. The maximum Gasteiger partial charge on any atom is 0.410 e. The molecule has 5 nitrogen and oxygen atoms in total. The lowest BCUT2D eigenvalue weighted by atomic mass is 10.1. The molecule has 19 heavy (non-hydrogen) atoms. The number of hydrogen-bond donors (Lipinski definition) is 2. The molecule has 0 saturated carbocycles. The van der Waals surface area contributed by atoms with Gasteiger partial charge in [0.15, 0.2) is 0 Å². The smallest absolute Gasteiger partial charge is 0.410 e. The van der Waals surface area contributed by atoms with Crippen molar-refractivity contribution >= 4 is 6.09 Å². The van der Waals surface area contributed by atoms with Gasteiger partial charge in [-0.05, 0) is 12.5 Å². The summed E-state index contributed by atoms with van der Waals surface area (Å²) in [4.78, 5) is 13.7. The molecule has 1 saturated heterocycles. The van der Waals surface area contributed by atoms with Crippen LogP contribution in [-0.2, 0) is 11.3 Å². The Bertz CT molecular complexity index is 410. The number of hydrogen-bond acceptors (Lipinski definition) is 4. The van der Waals surface area contributed by atoms with Gasteiger partial charge in [0.1, 0.15) is 6.61 Å². The average molecular weight is 264 g/mol. The first-order chi connectivity index (χ1) is 9.20. The summed E-state index contributed by atoms with van der Waals surface area (Å²) >= 11 is 0. The lowest BCUT2D eigenvalue weighted by Crippen LogP contribution is -2.58. The molecule has 104 valence electrons. The number of carbonyl (C=O) groups is 1. The molecular formula is C14H20N2O3. The fraction of sp³-hybridized carbons (Fsp3) is 0.500. The van der Waals surface area contributed by atoms with Crippen LogP contribution in [-0.4, -0.2) is 47.9 Å². The Morgan fingerprint density at radius 1 is 1.47 bits per heavy atom. The van der Waals surface area contributed by atoms with Gasteiger partial charge < -0.3 is 20.1 Å². The minimum atomic E-state index is -0.323. The topological polar surface area (TPSA) is 61.8 Å². The predicted molar refractivity (Wildman–Crippen MR) is 71.7 cm³/mol. The summed E-state index contributed by atoms with van der Waals surface area (Å²) < 4.78 is 5.31. The van der Waals surface area contributed by atoms with Crippen LogP contribution >= 0.6 is 0 Å². The fourth-order valence-corrected chi connectivity index (χ4v) is 2.11. The van der Waals surface area contributed by atoms with E-state index in [1.807, 2.05) is 37.3 Å². The van der Waals surface area contributed by atoms with Crippen molar-refractivity contribution < 1.29 is 14.6 Å². The maximum atomic E-state index is 12.0. The Morgan fingerprint density at radius 3 is 2.89 bits per heavy atom. The van der Waals surface area contributed by atoms with E-state index in [1.165, 1.54) is 0 Å². The minimum absolute atomic E-state index is 0.0230. The summed E-state index contributed by atoms with van der Waals surface area (Å²) in [5.74, 6) is 0. The third kappa shape index (κ3) is 3.68. The first kappa shape index (κ1) is 13.8. The van der Waals surface area contributed by atoms with Gasteiger partial charge in [-0.2, -0.15) is 0 Å². The van der Waals surface area contributed by atoms with Gasteiger partial charge in [-0.15, -0.1) is 0 Å². The van der Waals surface area contributed by atoms with E-state index in [0.717, 1.165) is 5.56 Å². The molecule has 5 heteroatoms. The number of ether oxygens (including phenoxy) is 1. The van der Waals surface area contributed by atoms with E-state index in [9.17, 15) is 4.79 Å². The zero-order valence-electron chi connectivity index (χ0n) is 11.1. The number of nitrogens with one attached hydrogen (secondary N) is 1. The van der Waals surface area contributed by atoms with Gasteiger partial charge in [0.25, 0.3) is 0 Å². The highest BCUT2D eigenvalue weighted by Gasteiger charge is 2.29. The molecule has 1 aliphatic heterocycles. The highest BCUT2D eigenvalue weighted by molar-refractivity contribution is 5.68. The molecule has 2 rings (SSSR count). The molecule has 1 heterocycles. The van der Waals surface area contributed by atoms with Crippen LogP contribution in [0.3, 0.4) is 0 Å². The summed E-state index contributed by atoms with van der Waals surface area (Å²) in [7, 11) is 0.